The maximum Gasteiger partial charge on any atom is 0.282 e. The van der Waals surface area contributed by atoms with Crippen LogP contribution in [0, 0.1) is 0 Å². The molecule has 1 atom stereocenters. The third kappa shape index (κ3) is 4.22. The van der Waals surface area contributed by atoms with Crippen LogP contribution in [0.1, 0.15) is 50.3 Å². The summed E-state index contributed by atoms with van der Waals surface area (Å²) < 4.78 is 28.1. The fourth-order valence-electron chi connectivity index (χ4n) is 3.25. The van der Waals surface area contributed by atoms with Crippen LogP contribution in [0.5, 0.6) is 0 Å². The highest BCUT2D eigenvalue weighted by Crippen LogP contribution is 2.32. The van der Waals surface area contributed by atoms with Gasteiger partial charge in [0, 0.05) is 19.1 Å². The number of nitrogens with one attached hydrogen (secondary N) is 1. The van der Waals surface area contributed by atoms with E-state index in [4.69, 9.17) is 0 Å². The number of rotatable bonds is 6. The fourth-order valence-corrected chi connectivity index (χ4v) is 5.13. The lowest BCUT2D eigenvalue weighted by atomic mass is 10.1. The first-order chi connectivity index (χ1) is 11.9. The molecule has 1 aliphatic heterocycles. The van der Waals surface area contributed by atoms with Crippen LogP contribution >= 0.6 is 0 Å². The quantitative estimate of drug-likeness (QED) is 0.836. The molecule has 1 aromatic rings. The number of benzene rings is 1. The highest BCUT2D eigenvalue weighted by molar-refractivity contribution is 7.86. The number of carbonyl (C=O) groups excluding carboxylic acids is 1. The van der Waals surface area contributed by atoms with E-state index in [-0.39, 0.29) is 24.5 Å². The highest BCUT2D eigenvalue weighted by Gasteiger charge is 2.42. The molecule has 1 saturated carbocycles. The van der Waals surface area contributed by atoms with Crippen LogP contribution in [0.3, 0.4) is 0 Å². The molecular weight excluding hydrogens is 338 g/mol. The minimum Gasteiger partial charge on any atom is -0.348 e. The normalized spacial score (nSPS) is 22.5. The van der Waals surface area contributed by atoms with Gasteiger partial charge in [-0.25, -0.2) is 0 Å². The predicted molar refractivity (Wildman–Crippen MR) is 97.2 cm³/mol. The summed E-state index contributed by atoms with van der Waals surface area (Å²) in [5.74, 6) is -0.256. The average Bonchev–Trinajstić information content (AvgIpc) is 3.41. The van der Waals surface area contributed by atoms with E-state index in [1.165, 1.54) is 9.87 Å². The standard InChI is InChI=1S/C18H27N3O3S/c1-3-15-5-7-16(8-6-15)14(2)19-18(22)13-20-11-4-12-21(17-9-10-17)25(20,23)24/h5-8,14,17H,3-4,9-13H2,1-2H3,(H,19,22). The van der Waals surface area contributed by atoms with Crippen LogP contribution in [0.4, 0.5) is 0 Å². The van der Waals surface area contributed by atoms with E-state index < -0.39 is 10.2 Å². The third-order valence-electron chi connectivity index (χ3n) is 4.95. The van der Waals surface area contributed by atoms with Crippen LogP contribution in [0.15, 0.2) is 24.3 Å². The maximum absolute atomic E-state index is 12.6. The molecule has 1 saturated heterocycles. The van der Waals surface area contributed by atoms with Crippen LogP contribution in [0.25, 0.3) is 0 Å². The number of hydrogen-bond donors (Lipinski definition) is 1. The summed E-state index contributed by atoms with van der Waals surface area (Å²) in [5.41, 5.74) is 2.27. The van der Waals surface area contributed by atoms with E-state index in [1.807, 2.05) is 19.1 Å². The molecule has 0 spiro atoms. The van der Waals surface area contributed by atoms with Gasteiger partial charge in [-0.2, -0.15) is 17.0 Å². The van der Waals surface area contributed by atoms with E-state index in [9.17, 15) is 13.2 Å². The molecule has 1 aliphatic carbocycles. The molecule has 1 amide bonds. The van der Waals surface area contributed by atoms with E-state index >= 15 is 0 Å². The Bertz CT molecular complexity index is 714. The van der Waals surface area contributed by atoms with Gasteiger partial charge in [0.1, 0.15) is 0 Å². The molecule has 138 valence electrons. The van der Waals surface area contributed by atoms with Gasteiger partial charge in [0.2, 0.25) is 5.91 Å². The Kier molecular flexibility index (Phi) is 5.46. The first kappa shape index (κ1) is 18.4. The molecule has 0 bridgehead atoms. The zero-order valence-electron chi connectivity index (χ0n) is 14.9. The molecule has 1 heterocycles. The molecule has 0 aromatic heterocycles. The fraction of sp³-hybridized carbons (Fsp3) is 0.611. The molecule has 2 aliphatic rings. The second kappa shape index (κ2) is 7.43. The molecule has 0 radical (unpaired) electrons. The minimum absolute atomic E-state index is 0.108. The Hall–Kier alpha value is -1.44. The summed E-state index contributed by atoms with van der Waals surface area (Å²) >= 11 is 0. The monoisotopic (exact) mass is 365 g/mol. The van der Waals surface area contributed by atoms with Crippen molar-refractivity contribution in [2.45, 2.75) is 51.6 Å². The molecule has 25 heavy (non-hydrogen) atoms. The van der Waals surface area contributed by atoms with Gasteiger partial charge in [-0.15, -0.1) is 0 Å². The Morgan fingerprint density at radius 1 is 1.24 bits per heavy atom. The van der Waals surface area contributed by atoms with Gasteiger partial charge in [0.15, 0.2) is 0 Å². The molecule has 2 fully saturated rings. The van der Waals surface area contributed by atoms with Crippen molar-refractivity contribution in [3.05, 3.63) is 35.4 Å². The second-order valence-corrected chi connectivity index (χ2v) is 8.80. The van der Waals surface area contributed by atoms with Crippen LogP contribution in [-0.4, -0.2) is 48.6 Å². The van der Waals surface area contributed by atoms with Crippen molar-refractivity contribution in [3.63, 3.8) is 0 Å². The van der Waals surface area contributed by atoms with E-state index in [2.05, 4.69) is 24.4 Å². The van der Waals surface area contributed by atoms with Crippen LogP contribution in [0.2, 0.25) is 0 Å². The number of hydrogen-bond acceptors (Lipinski definition) is 3. The third-order valence-corrected chi connectivity index (χ3v) is 6.99. The maximum atomic E-state index is 12.6. The molecule has 1 aromatic carbocycles. The van der Waals surface area contributed by atoms with Crippen molar-refractivity contribution < 1.29 is 13.2 Å². The topological polar surface area (TPSA) is 69.7 Å². The van der Waals surface area contributed by atoms with Gasteiger partial charge in [-0.1, -0.05) is 31.2 Å². The van der Waals surface area contributed by atoms with E-state index in [0.717, 1.165) is 31.2 Å². The summed E-state index contributed by atoms with van der Waals surface area (Å²) in [7, 11) is -3.50. The van der Waals surface area contributed by atoms with Crippen molar-refractivity contribution in [1.29, 1.82) is 0 Å². The lowest BCUT2D eigenvalue weighted by Crippen LogP contribution is -2.53. The minimum atomic E-state index is -3.50. The Morgan fingerprint density at radius 3 is 2.52 bits per heavy atom. The summed E-state index contributed by atoms with van der Waals surface area (Å²) in [6.07, 6.45) is 3.62. The highest BCUT2D eigenvalue weighted by atomic mass is 32.2. The zero-order chi connectivity index (χ0) is 18.0. The second-order valence-electron chi connectivity index (χ2n) is 6.92. The van der Waals surface area contributed by atoms with E-state index in [1.54, 1.807) is 4.31 Å². The summed E-state index contributed by atoms with van der Waals surface area (Å²) in [4.78, 5) is 12.4. The Morgan fingerprint density at radius 2 is 1.92 bits per heavy atom. The van der Waals surface area contributed by atoms with Crippen molar-refractivity contribution in [2.75, 3.05) is 19.6 Å². The number of aryl methyl sites for hydroxylation is 1. The first-order valence-corrected chi connectivity index (χ1v) is 10.5. The van der Waals surface area contributed by atoms with Gasteiger partial charge in [-0.3, -0.25) is 4.79 Å². The Balaban J connectivity index is 1.59. The molecular formula is C18H27N3O3S. The van der Waals surface area contributed by atoms with Crippen molar-refractivity contribution in [1.82, 2.24) is 13.9 Å². The van der Waals surface area contributed by atoms with E-state index in [0.29, 0.717) is 13.1 Å². The summed E-state index contributed by atoms with van der Waals surface area (Å²) in [6.45, 7) is 4.90. The van der Waals surface area contributed by atoms with Gasteiger partial charge in [0.25, 0.3) is 10.2 Å². The van der Waals surface area contributed by atoms with Gasteiger partial charge in [0.05, 0.1) is 12.6 Å². The average molecular weight is 365 g/mol. The van der Waals surface area contributed by atoms with Crippen molar-refractivity contribution >= 4 is 16.1 Å². The van der Waals surface area contributed by atoms with Crippen molar-refractivity contribution in [3.8, 4) is 0 Å². The number of carbonyl (C=O) groups is 1. The summed E-state index contributed by atoms with van der Waals surface area (Å²) in [6, 6.07) is 8.13. The smallest absolute Gasteiger partial charge is 0.282 e. The molecule has 1 unspecified atom stereocenters. The largest absolute Gasteiger partial charge is 0.348 e. The van der Waals surface area contributed by atoms with Gasteiger partial charge < -0.3 is 5.32 Å². The van der Waals surface area contributed by atoms with Crippen LogP contribution in [-0.2, 0) is 21.4 Å². The molecule has 7 heteroatoms. The lowest BCUT2D eigenvalue weighted by molar-refractivity contribution is -0.122. The Labute approximate surface area is 150 Å². The van der Waals surface area contributed by atoms with Gasteiger partial charge in [-0.05, 0) is 43.7 Å². The van der Waals surface area contributed by atoms with Crippen LogP contribution < -0.4 is 5.32 Å². The lowest BCUT2D eigenvalue weighted by Gasteiger charge is -2.34. The summed E-state index contributed by atoms with van der Waals surface area (Å²) in [5, 5.41) is 2.91. The number of nitrogens with zero attached hydrogens (tertiary/aromatic N) is 2. The number of amides is 1. The van der Waals surface area contributed by atoms with Gasteiger partial charge >= 0.3 is 0 Å². The molecule has 1 N–H and O–H groups in total. The zero-order valence-corrected chi connectivity index (χ0v) is 15.8. The molecule has 3 rings (SSSR count). The molecule has 6 nitrogen and oxygen atoms in total. The SMILES string of the molecule is CCc1ccc(C(C)NC(=O)CN2CCCN(C3CC3)S2(=O)=O)cc1. The first-order valence-electron chi connectivity index (χ1n) is 9.07. The van der Waals surface area contributed by atoms with Crippen molar-refractivity contribution in [2.24, 2.45) is 0 Å². The predicted octanol–water partition coefficient (Wildman–Crippen LogP) is 1.84.